The van der Waals surface area contributed by atoms with Crippen LogP contribution in [-0.4, -0.2) is 50.2 Å². The number of β-amino-alcohol motifs (C(OH)–C–C–N with tert-alkyl or cyclic N) is 1. The number of amides is 1. The lowest BCUT2D eigenvalue weighted by atomic mass is 9.91. The van der Waals surface area contributed by atoms with Crippen LogP contribution >= 0.6 is 0 Å². The molecule has 1 amide bonds. The second-order valence-corrected chi connectivity index (χ2v) is 9.00. The molecule has 2 fully saturated rings. The zero-order chi connectivity index (χ0) is 18.7. The molecule has 0 unspecified atom stereocenters. The molecular formula is C18H27N3O4S. The average molecular weight is 381 g/mol. The van der Waals surface area contributed by atoms with Crippen LogP contribution in [0.15, 0.2) is 29.2 Å². The number of carbonyl (C=O) groups is 1. The smallest absolute Gasteiger partial charge is 0.240 e. The largest absolute Gasteiger partial charge is 0.392 e. The van der Waals surface area contributed by atoms with Crippen LogP contribution in [0.5, 0.6) is 0 Å². The van der Waals surface area contributed by atoms with E-state index >= 15 is 0 Å². The molecular weight excluding hydrogens is 354 g/mol. The lowest BCUT2D eigenvalue weighted by molar-refractivity contribution is -0.124. The van der Waals surface area contributed by atoms with Gasteiger partial charge in [0.05, 0.1) is 17.0 Å². The van der Waals surface area contributed by atoms with Crippen molar-refractivity contribution in [2.24, 2.45) is 0 Å². The topological polar surface area (TPSA) is 108 Å². The molecule has 1 saturated heterocycles. The molecule has 26 heavy (non-hydrogen) atoms. The number of aliphatic hydroxyl groups is 1. The van der Waals surface area contributed by atoms with Crippen molar-refractivity contribution in [2.75, 3.05) is 6.54 Å². The lowest BCUT2D eigenvalue weighted by Gasteiger charge is -2.33. The van der Waals surface area contributed by atoms with Gasteiger partial charge < -0.3 is 15.7 Å². The van der Waals surface area contributed by atoms with E-state index in [2.05, 4.69) is 15.4 Å². The SMILES string of the molecule is Cc1ccc(S(=O)(=O)N[C@@H]2CCCC[C@H]2NC(=O)[C@@H]2C[C@@H](O)CN2)cc1. The third kappa shape index (κ3) is 4.62. The maximum atomic E-state index is 12.7. The summed E-state index contributed by atoms with van der Waals surface area (Å²) < 4.78 is 28.1. The van der Waals surface area contributed by atoms with Gasteiger partial charge in [0.1, 0.15) is 0 Å². The number of hydrogen-bond acceptors (Lipinski definition) is 5. The van der Waals surface area contributed by atoms with Crippen molar-refractivity contribution in [1.29, 1.82) is 0 Å². The van der Waals surface area contributed by atoms with E-state index in [1.165, 1.54) is 0 Å². The summed E-state index contributed by atoms with van der Waals surface area (Å²) in [5.41, 5.74) is 0.998. The number of aryl methyl sites for hydroxylation is 1. The summed E-state index contributed by atoms with van der Waals surface area (Å²) in [5, 5.41) is 15.5. The second-order valence-electron chi connectivity index (χ2n) is 7.29. The normalized spacial score (nSPS) is 29.5. The molecule has 1 heterocycles. The van der Waals surface area contributed by atoms with Gasteiger partial charge >= 0.3 is 0 Å². The van der Waals surface area contributed by atoms with Gasteiger partial charge in [-0.2, -0.15) is 0 Å². The lowest BCUT2D eigenvalue weighted by Crippen LogP contribution is -2.55. The van der Waals surface area contributed by atoms with Crippen LogP contribution in [0, 0.1) is 6.92 Å². The van der Waals surface area contributed by atoms with Gasteiger partial charge in [-0.15, -0.1) is 0 Å². The van der Waals surface area contributed by atoms with Crippen molar-refractivity contribution >= 4 is 15.9 Å². The van der Waals surface area contributed by atoms with Gasteiger partial charge in [-0.1, -0.05) is 30.5 Å². The van der Waals surface area contributed by atoms with Crippen LogP contribution < -0.4 is 15.4 Å². The number of nitrogens with one attached hydrogen (secondary N) is 3. The molecule has 2 aliphatic rings. The molecule has 3 rings (SSSR count). The highest BCUT2D eigenvalue weighted by Crippen LogP contribution is 2.22. The van der Waals surface area contributed by atoms with Gasteiger partial charge in [0.2, 0.25) is 15.9 Å². The first kappa shape index (κ1) is 19.3. The zero-order valence-electron chi connectivity index (χ0n) is 14.9. The van der Waals surface area contributed by atoms with Gasteiger partial charge in [0.25, 0.3) is 0 Å². The Morgan fingerprint density at radius 2 is 1.81 bits per heavy atom. The standard InChI is InChI=1S/C18H27N3O4S/c1-12-6-8-14(9-7-12)26(24,25)21-16-5-3-2-4-15(16)20-18(23)17-10-13(22)11-19-17/h6-9,13,15-17,19,21-22H,2-5,10-11H2,1H3,(H,20,23)/t13-,15-,16-,17+/m1/s1. The average Bonchev–Trinajstić information content (AvgIpc) is 3.03. The Morgan fingerprint density at radius 3 is 2.42 bits per heavy atom. The molecule has 4 N–H and O–H groups in total. The van der Waals surface area contributed by atoms with Gasteiger partial charge in [0.15, 0.2) is 0 Å². The van der Waals surface area contributed by atoms with Gasteiger partial charge in [-0.25, -0.2) is 13.1 Å². The number of benzene rings is 1. The van der Waals surface area contributed by atoms with E-state index in [-0.39, 0.29) is 22.9 Å². The fourth-order valence-electron chi connectivity index (χ4n) is 3.63. The van der Waals surface area contributed by atoms with Crippen molar-refractivity contribution in [3.63, 3.8) is 0 Å². The van der Waals surface area contributed by atoms with Gasteiger partial charge in [-0.3, -0.25) is 4.79 Å². The molecule has 0 radical (unpaired) electrons. The molecule has 1 saturated carbocycles. The highest BCUT2D eigenvalue weighted by atomic mass is 32.2. The molecule has 8 heteroatoms. The summed E-state index contributed by atoms with van der Waals surface area (Å²) in [4.78, 5) is 12.7. The molecule has 0 spiro atoms. The summed E-state index contributed by atoms with van der Waals surface area (Å²) in [6.07, 6.45) is 3.19. The molecule has 1 aromatic carbocycles. The van der Waals surface area contributed by atoms with E-state index in [1.54, 1.807) is 24.3 Å². The fourth-order valence-corrected chi connectivity index (χ4v) is 4.94. The minimum atomic E-state index is -3.63. The summed E-state index contributed by atoms with van der Waals surface area (Å²) >= 11 is 0. The maximum Gasteiger partial charge on any atom is 0.240 e. The molecule has 0 bridgehead atoms. The number of hydrogen-bond donors (Lipinski definition) is 4. The molecule has 0 aromatic heterocycles. The number of rotatable bonds is 5. The van der Waals surface area contributed by atoms with Gasteiger partial charge in [-0.05, 0) is 38.3 Å². The Kier molecular flexibility index (Phi) is 5.96. The molecule has 1 aliphatic carbocycles. The Balaban J connectivity index is 1.66. The summed E-state index contributed by atoms with van der Waals surface area (Å²) in [6, 6.07) is 5.75. The second kappa shape index (κ2) is 8.04. The van der Waals surface area contributed by atoms with Crippen LogP contribution in [0.2, 0.25) is 0 Å². The Labute approximate surface area is 154 Å². The molecule has 1 aromatic rings. The molecule has 1 aliphatic heterocycles. The third-order valence-electron chi connectivity index (χ3n) is 5.16. The van der Waals surface area contributed by atoms with Crippen LogP contribution in [0.4, 0.5) is 0 Å². The molecule has 144 valence electrons. The maximum absolute atomic E-state index is 12.7. The minimum absolute atomic E-state index is 0.173. The third-order valence-corrected chi connectivity index (χ3v) is 6.66. The predicted molar refractivity (Wildman–Crippen MR) is 98.1 cm³/mol. The first-order valence-corrected chi connectivity index (χ1v) is 10.6. The van der Waals surface area contributed by atoms with E-state index in [0.29, 0.717) is 19.4 Å². The predicted octanol–water partition coefficient (Wildman–Crippen LogP) is 0.424. The quantitative estimate of drug-likeness (QED) is 0.591. The Hall–Kier alpha value is -1.48. The number of carbonyl (C=O) groups excluding carboxylic acids is 1. The summed E-state index contributed by atoms with van der Waals surface area (Å²) in [7, 11) is -3.63. The van der Waals surface area contributed by atoms with Crippen molar-refractivity contribution in [3.8, 4) is 0 Å². The van der Waals surface area contributed by atoms with E-state index < -0.39 is 22.2 Å². The highest BCUT2D eigenvalue weighted by molar-refractivity contribution is 7.89. The van der Waals surface area contributed by atoms with Crippen LogP contribution in [0.25, 0.3) is 0 Å². The van der Waals surface area contributed by atoms with Crippen LogP contribution in [0.3, 0.4) is 0 Å². The monoisotopic (exact) mass is 381 g/mol. The van der Waals surface area contributed by atoms with Crippen LogP contribution in [-0.2, 0) is 14.8 Å². The van der Waals surface area contributed by atoms with E-state index in [1.807, 2.05) is 6.92 Å². The van der Waals surface area contributed by atoms with Crippen LogP contribution in [0.1, 0.15) is 37.7 Å². The fraction of sp³-hybridized carbons (Fsp3) is 0.611. The zero-order valence-corrected chi connectivity index (χ0v) is 15.8. The Bertz CT molecular complexity index is 735. The van der Waals surface area contributed by atoms with E-state index in [4.69, 9.17) is 0 Å². The summed E-state index contributed by atoms with van der Waals surface area (Å²) in [6.45, 7) is 2.32. The van der Waals surface area contributed by atoms with Crippen molar-refractivity contribution in [1.82, 2.24) is 15.4 Å². The van der Waals surface area contributed by atoms with Crippen molar-refractivity contribution in [2.45, 2.75) is 68.2 Å². The number of aliphatic hydroxyl groups excluding tert-OH is 1. The molecule has 7 nitrogen and oxygen atoms in total. The minimum Gasteiger partial charge on any atom is -0.392 e. The molecule has 4 atom stereocenters. The van der Waals surface area contributed by atoms with E-state index in [9.17, 15) is 18.3 Å². The Morgan fingerprint density at radius 1 is 1.15 bits per heavy atom. The van der Waals surface area contributed by atoms with Gasteiger partial charge in [0, 0.05) is 18.6 Å². The highest BCUT2D eigenvalue weighted by Gasteiger charge is 2.34. The van der Waals surface area contributed by atoms with Crippen molar-refractivity contribution in [3.05, 3.63) is 29.8 Å². The van der Waals surface area contributed by atoms with Crippen molar-refractivity contribution < 1.29 is 18.3 Å². The first-order valence-electron chi connectivity index (χ1n) is 9.16. The first-order chi connectivity index (χ1) is 12.3. The number of sulfonamides is 1. The summed E-state index contributed by atoms with van der Waals surface area (Å²) in [5.74, 6) is -0.173. The van der Waals surface area contributed by atoms with E-state index in [0.717, 1.165) is 24.8 Å².